The van der Waals surface area contributed by atoms with Crippen LogP contribution < -0.4 is 0 Å². The van der Waals surface area contributed by atoms with Crippen LogP contribution in [0.4, 0.5) is 4.39 Å². The molecule has 0 N–H and O–H groups in total. The van der Waals surface area contributed by atoms with Crippen molar-refractivity contribution in [2.45, 2.75) is 146 Å². The summed E-state index contributed by atoms with van der Waals surface area (Å²) in [7, 11) is -8.29. The average molecular weight is 948 g/mol. The van der Waals surface area contributed by atoms with Crippen LogP contribution in [0.3, 0.4) is 0 Å². The van der Waals surface area contributed by atoms with Gasteiger partial charge in [-0.15, -0.1) is 0 Å². The lowest BCUT2D eigenvalue weighted by atomic mass is 10.2. The molecular formula is C32H83FO13Si9. The van der Waals surface area contributed by atoms with Gasteiger partial charge in [0.25, 0.3) is 0 Å². The van der Waals surface area contributed by atoms with Crippen LogP contribution in [-0.2, 0) is 56.6 Å². The Bertz CT molecular complexity index is 1020. The molecule has 13 nitrogen and oxygen atoms in total. The van der Waals surface area contributed by atoms with Crippen LogP contribution in [0.2, 0.25) is 127 Å². The second-order valence-electron chi connectivity index (χ2n) is 17.9. The van der Waals surface area contributed by atoms with Crippen molar-refractivity contribution in [2.75, 3.05) is 64.0 Å². The number of alkyl halides is 1. The van der Waals surface area contributed by atoms with Gasteiger partial charge in [-0.05, 0) is 109 Å². The molecule has 0 amide bonds. The monoisotopic (exact) mass is 946 g/mol. The zero-order valence-corrected chi connectivity index (χ0v) is 47.8. The van der Waals surface area contributed by atoms with E-state index >= 15 is 4.39 Å². The topological polar surface area (TPSA) is 120 Å². The Morgan fingerprint density at radius 2 is 0.636 bits per heavy atom. The zero-order valence-electron chi connectivity index (χ0n) is 38.8. The van der Waals surface area contributed by atoms with Crippen LogP contribution >= 0.6 is 0 Å². The fraction of sp³-hybridized carbons (Fsp3) is 1.00. The Hall–Kier alpha value is 1.36. The summed E-state index contributed by atoms with van der Waals surface area (Å²) >= 11 is 0. The second kappa shape index (κ2) is 23.0. The summed E-state index contributed by atoms with van der Waals surface area (Å²) < 4.78 is 96.4. The SMILES string of the molecule is CO[Si](CC[Si](C)(C)O[Si](C)(C)CCCC(F)(C[Si](C)(C)O[Si](C)(C)CC[Si](OC)(OC)OC)O[Si](C)(C)O[Si](C)(C)CC[Si](OC)(OC)OC)(OC)OC. The maximum absolute atomic E-state index is 17.9. The van der Waals surface area contributed by atoms with Crippen molar-refractivity contribution in [1.29, 1.82) is 0 Å². The van der Waals surface area contributed by atoms with Gasteiger partial charge in [-0.2, -0.15) is 0 Å². The molecule has 0 heterocycles. The summed E-state index contributed by atoms with van der Waals surface area (Å²) in [5.41, 5.74) is 0. The van der Waals surface area contributed by atoms with Gasteiger partial charge in [0.2, 0.25) is 5.85 Å². The standard InChI is InChI=1S/C32H83FO13Si9/c1-34-53(35-2,36-3)28-25-48(12,13)44-47(10,11)24-22-23-32(33,31-51(18,19)45-49(14,15)26-29-54(37-4,38-5)39-6)43-52(20,21)46-50(16,17)27-30-55(40-7,41-8)42-9/h22-31H2,1-21H3. The number of rotatable bonds is 32. The fourth-order valence-electron chi connectivity index (χ4n) is 7.48. The first kappa shape index (κ1) is 56.4. The first-order chi connectivity index (χ1) is 24.9. The Morgan fingerprint density at radius 3 is 0.945 bits per heavy atom. The van der Waals surface area contributed by atoms with Gasteiger partial charge in [-0.3, -0.25) is 0 Å². The maximum Gasteiger partial charge on any atom is 0.499 e. The summed E-state index contributed by atoms with van der Waals surface area (Å²) in [4.78, 5) is 0. The van der Waals surface area contributed by atoms with Crippen molar-refractivity contribution < 1.29 is 61.0 Å². The van der Waals surface area contributed by atoms with E-state index in [0.717, 1.165) is 24.2 Å². The van der Waals surface area contributed by atoms with E-state index in [-0.39, 0.29) is 12.5 Å². The van der Waals surface area contributed by atoms with Crippen LogP contribution in [-0.4, -0.2) is 146 Å². The highest BCUT2D eigenvalue weighted by molar-refractivity contribution is 6.86. The summed E-state index contributed by atoms with van der Waals surface area (Å²) in [5, 5.41) is 0. The smallest absolute Gasteiger partial charge is 0.456 e. The van der Waals surface area contributed by atoms with E-state index in [2.05, 4.69) is 65.5 Å². The van der Waals surface area contributed by atoms with Gasteiger partial charge in [-0.1, -0.05) is 0 Å². The Kier molecular flexibility index (Phi) is 23.6. The highest BCUT2D eigenvalue weighted by Gasteiger charge is 2.50. The molecule has 0 rings (SSSR count). The van der Waals surface area contributed by atoms with Crippen molar-refractivity contribution in [1.82, 2.24) is 0 Å². The number of halogens is 1. The molecule has 0 fully saturated rings. The van der Waals surface area contributed by atoms with Crippen molar-refractivity contribution in [2.24, 2.45) is 0 Å². The van der Waals surface area contributed by atoms with Crippen molar-refractivity contribution in [3.8, 4) is 0 Å². The van der Waals surface area contributed by atoms with Gasteiger partial charge in [0.05, 0.1) is 0 Å². The van der Waals surface area contributed by atoms with E-state index in [1.165, 1.54) is 0 Å². The summed E-state index contributed by atoms with van der Waals surface area (Å²) in [6.45, 7) is 25.7. The molecule has 0 aliphatic rings. The minimum atomic E-state index is -3.02. The molecule has 0 saturated heterocycles. The minimum absolute atomic E-state index is 0.188. The fourth-order valence-corrected chi connectivity index (χ4v) is 44.8. The first-order valence-corrected chi connectivity index (χ1v) is 43.6. The lowest BCUT2D eigenvalue weighted by Crippen LogP contribution is -2.55. The maximum atomic E-state index is 17.9. The Morgan fingerprint density at radius 1 is 0.364 bits per heavy atom. The van der Waals surface area contributed by atoms with Gasteiger partial charge in [-0.25, -0.2) is 4.39 Å². The molecule has 0 radical (unpaired) electrons. The van der Waals surface area contributed by atoms with E-state index in [4.69, 9.17) is 56.6 Å². The quantitative estimate of drug-likeness (QED) is 0.0598. The van der Waals surface area contributed by atoms with Crippen molar-refractivity contribution in [3.63, 3.8) is 0 Å². The van der Waals surface area contributed by atoms with Crippen LogP contribution in [0.1, 0.15) is 12.8 Å². The van der Waals surface area contributed by atoms with Crippen LogP contribution in [0.25, 0.3) is 0 Å². The van der Waals surface area contributed by atoms with E-state index in [9.17, 15) is 0 Å². The van der Waals surface area contributed by atoms with Crippen molar-refractivity contribution >= 4 is 76.6 Å². The molecule has 0 aromatic heterocycles. The largest absolute Gasteiger partial charge is 0.499 e. The van der Waals surface area contributed by atoms with Crippen LogP contribution in [0.15, 0.2) is 0 Å². The van der Waals surface area contributed by atoms with Gasteiger partial charge in [0, 0.05) is 94.6 Å². The second-order valence-corrected chi connectivity index (χ2v) is 52.6. The molecule has 0 spiro atoms. The van der Waals surface area contributed by atoms with Gasteiger partial charge in [0.15, 0.2) is 41.6 Å². The zero-order chi connectivity index (χ0) is 43.3. The molecule has 0 saturated carbocycles. The molecule has 0 aromatic rings. The molecule has 0 bridgehead atoms. The first-order valence-electron chi connectivity index (χ1n) is 19.4. The Labute approximate surface area is 345 Å². The molecule has 1 unspecified atom stereocenters. The number of hydrogen-bond acceptors (Lipinski definition) is 13. The summed E-state index contributed by atoms with van der Waals surface area (Å²) in [5.74, 6) is -1.94. The highest BCUT2D eigenvalue weighted by Crippen LogP contribution is 2.39. The predicted molar refractivity (Wildman–Crippen MR) is 241 cm³/mol. The molecule has 23 heteroatoms. The van der Waals surface area contributed by atoms with Crippen molar-refractivity contribution in [3.05, 3.63) is 0 Å². The van der Waals surface area contributed by atoms with E-state index < -0.39 is 82.4 Å². The third-order valence-electron chi connectivity index (χ3n) is 9.97. The summed E-state index contributed by atoms with van der Waals surface area (Å²) in [6.07, 6.45) is 0.850. The lowest BCUT2D eigenvalue weighted by molar-refractivity contribution is -0.0738. The average Bonchev–Trinajstić information content (AvgIpc) is 3.05. The number of hydrogen-bond donors (Lipinski definition) is 0. The molecule has 332 valence electrons. The van der Waals surface area contributed by atoms with Crippen LogP contribution in [0, 0.1) is 0 Å². The molecule has 55 heavy (non-hydrogen) atoms. The van der Waals surface area contributed by atoms with Gasteiger partial charge < -0.3 is 56.6 Å². The summed E-state index contributed by atoms with van der Waals surface area (Å²) in [6, 6.07) is 5.26. The third-order valence-corrected chi connectivity index (χ3v) is 40.8. The van der Waals surface area contributed by atoms with E-state index in [1.807, 2.05) is 13.1 Å². The predicted octanol–water partition coefficient (Wildman–Crippen LogP) is 8.86. The lowest BCUT2D eigenvalue weighted by Gasteiger charge is -2.43. The van der Waals surface area contributed by atoms with E-state index in [1.54, 1.807) is 64.0 Å². The van der Waals surface area contributed by atoms with Crippen LogP contribution in [0.5, 0.6) is 0 Å². The normalized spacial score (nSPS) is 15.8. The minimum Gasteiger partial charge on any atom is -0.456 e. The molecule has 0 aliphatic carbocycles. The molecule has 0 aliphatic heterocycles. The molecular weight excluding hydrogens is 864 g/mol. The highest BCUT2D eigenvalue weighted by atomic mass is 28.4. The molecule has 1 atom stereocenters. The Balaban J connectivity index is 6.27. The van der Waals surface area contributed by atoms with Gasteiger partial charge >= 0.3 is 35.0 Å². The third kappa shape index (κ3) is 20.7. The molecule has 0 aromatic carbocycles. The van der Waals surface area contributed by atoms with E-state index in [0.29, 0.717) is 24.6 Å². The van der Waals surface area contributed by atoms with Gasteiger partial charge in [0.1, 0.15) is 0 Å².